The number of hydrogen-bond donors (Lipinski definition) is 1. The van der Waals surface area contributed by atoms with Crippen molar-refractivity contribution in [2.24, 2.45) is 0 Å². The lowest BCUT2D eigenvalue weighted by atomic mass is 10.2. The first-order chi connectivity index (χ1) is 6.33. The van der Waals surface area contributed by atoms with E-state index in [2.05, 4.69) is 5.32 Å². The minimum atomic E-state index is 0.0804. The third kappa shape index (κ3) is 1.31. The monoisotopic (exact) mass is 191 g/mol. The summed E-state index contributed by atoms with van der Waals surface area (Å²) in [5.74, 6) is 0. The van der Waals surface area contributed by atoms with Gasteiger partial charge in [-0.25, -0.2) is 0 Å². The molecule has 2 rings (SSSR count). The van der Waals surface area contributed by atoms with Gasteiger partial charge in [-0.15, -0.1) is 11.3 Å². The zero-order valence-corrected chi connectivity index (χ0v) is 8.02. The molecule has 13 heavy (non-hydrogen) atoms. The van der Waals surface area contributed by atoms with Gasteiger partial charge in [-0.05, 0) is 12.1 Å². The molecule has 2 nitrogen and oxygen atoms in total. The Bertz CT molecular complexity index is 489. The molecule has 2 aromatic rings. The molecule has 0 unspecified atom stereocenters. The van der Waals surface area contributed by atoms with Gasteiger partial charge in [0.2, 0.25) is 5.43 Å². The maximum Gasteiger partial charge on any atom is 0.211 e. The SMILES string of the molecule is CNc1csc2ccccc2c1=O. The number of anilines is 1. The van der Waals surface area contributed by atoms with E-state index >= 15 is 0 Å². The minimum Gasteiger partial charge on any atom is -0.384 e. The first-order valence-electron chi connectivity index (χ1n) is 4.01. The first-order valence-corrected chi connectivity index (χ1v) is 4.89. The van der Waals surface area contributed by atoms with Crippen molar-refractivity contribution in [2.75, 3.05) is 12.4 Å². The van der Waals surface area contributed by atoms with Crippen molar-refractivity contribution in [3.63, 3.8) is 0 Å². The highest BCUT2D eigenvalue weighted by atomic mass is 32.1. The van der Waals surface area contributed by atoms with Crippen LogP contribution in [-0.4, -0.2) is 7.05 Å². The molecule has 0 fully saturated rings. The highest BCUT2D eigenvalue weighted by Crippen LogP contribution is 2.17. The van der Waals surface area contributed by atoms with Gasteiger partial charge in [0.1, 0.15) is 0 Å². The second-order valence-electron chi connectivity index (χ2n) is 2.72. The molecule has 0 aliphatic carbocycles. The standard InChI is InChI=1S/C10H9NOS/c1-11-8-6-13-9-5-3-2-4-7(9)10(8)12/h2-6,11H,1H3. The maximum atomic E-state index is 11.7. The van der Waals surface area contributed by atoms with E-state index in [0.717, 1.165) is 10.1 Å². The van der Waals surface area contributed by atoms with Gasteiger partial charge < -0.3 is 5.32 Å². The second-order valence-corrected chi connectivity index (χ2v) is 3.64. The molecule has 0 amide bonds. The van der Waals surface area contributed by atoms with E-state index in [9.17, 15) is 4.79 Å². The lowest BCUT2D eigenvalue weighted by Gasteiger charge is -1.99. The predicted molar refractivity (Wildman–Crippen MR) is 57.6 cm³/mol. The summed E-state index contributed by atoms with van der Waals surface area (Å²) in [6.07, 6.45) is 0. The Kier molecular flexibility index (Phi) is 2.02. The van der Waals surface area contributed by atoms with Crippen molar-refractivity contribution in [2.45, 2.75) is 0 Å². The first kappa shape index (κ1) is 8.26. The van der Waals surface area contributed by atoms with Crippen LogP contribution in [0.4, 0.5) is 5.69 Å². The van der Waals surface area contributed by atoms with Crippen LogP contribution in [0.25, 0.3) is 10.1 Å². The number of fused-ring (bicyclic) bond motifs is 1. The van der Waals surface area contributed by atoms with Crippen molar-refractivity contribution in [1.29, 1.82) is 0 Å². The number of benzene rings is 1. The normalized spacial score (nSPS) is 10.2. The Morgan fingerprint density at radius 2 is 2.08 bits per heavy atom. The van der Waals surface area contributed by atoms with Crippen molar-refractivity contribution in [1.82, 2.24) is 0 Å². The van der Waals surface area contributed by atoms with Crippen LogP contribution in [0.2, 0.25) is 0 Å². The third-order valence-electron chi connectivity index (χ3n) is 1.95. The predicted octanol–water partition coefficient (Wildman–Crippen LogP) is 2.30. The van der Waals surface area contributed by atoms with Gasteiger partial charge in [0.15, 0.2) is 0 Å². The summed E-state index contributed by atoms with van der Waals surface area (Å²) in [5.41, 5.74) is 0.751. The second kappa shape index (κ2) is 3.18. The molecule has 0 saturated heterocycles. The molecule has 1 aromatic heterocycles. The molecule has 0 saturated carbocycles. The minimum absolute atomic E-state index is 0.0804. The molecule has 1 N–H and O–H groups in total. The molecule has 3 heteroatoms. The summed E-state index contributed by atoms with van der Waals surface area (Å²) >= 11 is 1.58. The summed E-state index contributed by atoms with van der Waals surface area (Å²) in [5, 5.41) is 5.53. The van der Waals surface area contributed by atoms with Crippen LogP contribution >= 0.6 is 11.3 Å². The van der Waals surface area contributed by atoms with Crippen molar-refractivity contribution in [3.8, 4) is 0 Å². The zero-order valence-electron chi connectivity index (χ0n) is 7.20. The Labute approximate surface area is 79.8 Å². The lowest BCUT2D eigenvalue weighted by molar-refractivity contribution is 1.51. The molecule has 0 aliphatic heterocycles. The Morgan fingerprint density at radius 1 is 1.31 bits per heavy atom. The van der Waals surface area contributed by atoms with E-state index in [4.69, 9.17) is 0 Å². The van der Waals surface area contributed by atoms with Gasteiger partial charge in [0.05, 0.1) is 5.69 Å². The van der Waals surface area contributed by atoms with Gasteiger partial charge in [0.25, 0.3) is 0 Å². The highest BCUT2D eigenvalue weighted by Gasteiger charge is 2.01. The fourth-order valence-electron chi connectivity index (χ4n) is 1.25. The summed E-state index contributed by atoms with van der Waals surface area (Å²) in [4.78, 5) is 11.7. The average molecular weight is 191 g/mol. The van der Waals surface area contributed by atoms with Crippen molar-refractivity contribution >= 4 is 27.1 Å². The van der Waals surface area contributed by atoms with E-state index in [-0.39, 0.29) is 5.43 Å². The van der Waals surface area contributed by atoms with Gasteiger partial charge >= 0.3 is 0 Å². The molecule has 66 valence electrons. The molecule has 0 spiro atoms. The Morgan fingerprint density at radius 3 is 2.85 bits per heavy atom. The van der Waals surface area contributed by atoms with E-state index in [1.165, 1.54) is 0 Å². The average Bonchev–Trinajstić information content (AvgIpc) is 2.19. The van der Waals surface area contributed by atoms with Crippen LogP contribution in [0.15, 0.2) is 34.4 Å². The van der Waals surface area contributed by atoms with Crippen LogP contribution in [0, 0.1) is 0 Å². The zero-order chi connectivity index (χ0) is 9.26. The Hall–Kier alpha value is -1.35. The number of hydrogen-bond acceptors (Lipinski definition) is 3. The molecular formula is C10H9NOS. The van der Waals surface area contributed by atoms with Crippen LogP contribution in [-0.2, 0) is 0 Å². The van der Waals surface area contributed by atoms with E-state index in [1.54, 1.807) is 18.4 Å². The fourth-order valence-corrected chi connectivity index (χ4v) is 2.17. The van der Waals surface area contributed by atoms with E-state index in [1.807, 2.05) is 29.6 Å². The highest BCUT2D eigenvalue weighted by molar-refractivity contribution is 7.16. The van der Waals surface area contributed by atoms with Crippen LogP contribution < -0.4 is 10.7 Å². The summed E-state index contributed by atoms with van der Waals surface area (Å²) in [6, 6.07) is 7.64. The molecule has 0 radical (unpaired) electrons. The Balaban J connectivity index is 2.87. The summed E-state index contributed by atoms with van der Waals surface area (Å²) in [7, 11) is 1.76. The molecule has 0 bridgehead atoms. The van der Waals surface area contributed by atoms with Gasteiger partial charge in [0, 0.05) is 22.5 Å². The number of rotatable bonds is 1. The smallest absolute Gasteiger partial charge is 0.211 e. The van der Waals surface area contributed by atoms with E-state index < -0.39 is 0 Å². The molecule has 0 aliphatic rings. The summed E-state index contributed by atoms with van der Waals surface area (Å²) < 4.78 is 1.03. The number of nitrogens with one attached hydrogen (secondary N) is 1. The van der Waals surface area contributed by atoms with Gasteiger partial charge in [-0.1, -0.05) is 12.1 Å². The molecule has 0 atom stereocenters. The largest absolute Gasteiger partial charge is 0.384 e. The van der Waals surface area contributed by atoms with Crippen molar-refractivity contribution in [3.05, 3.63) is 39.9 Å². The fraction of sp³-hybridized carbons (Fsp3) is 0.100. The maximum absolute atomic E-state index is 11.7. The summed E-state index contributed by atoms with van der Waals surface area (Å²) in [6.45, 7) is 0. The van der Waals surface area contributed by atoms with Crippen LogP contribution in [0.1, 0.15) is 0 Å². The molecule has 1 heterocycles. The van der Waals surface area contributed by atoms with Crippen molar-refractivity contribution < 1.29 is 0 Å². The van der Waals surface area contributed by atoms with E-state index in [0.29, 0.717) is 5.69 Å². The van der Waals surface area contributed by atoms with Gasteiger partial charge in [-0.3, -0.25) is 4.79 Å². The molecule has 1 aromatic carbocycles. The topological polar surface area (TPSA) is 29.1 Å². The van der Waals surface area contributed by atoms with Gasteiger partial charge in [-0.2, -0.15) is 0 Å². The quantitative estimate of drug-likeness (QED) is 0.749. The van der Waals surface area contributed by atoms with Crippen LogP contribution in [0.5, 0.6) is 0 Å². The lowest BCUT2D eigenvalue weighted by Crippen LogP contribution is -2.06. The third-order valence-corrected chi connectivity index (χ3v) is 2.91. The molecular weight excluding hydrogens is 182 g/mol. The van der Waals surface area contributed by atoms with Crippen LogP contribution in [0.3, 0.4) is 0 Å².